The van der Waals surface area contributed by atoms with Crippen molar-refractivity contribution in [3.8, 4) is 0 Å². The Labute approximate surface area is 167 Å². The minimum Gasteiger partial charge on any atom is -0.354 e. The van der Waals surface area contributed by atoms with Crippen LogP contribution in [0.3, 0.4) is 0 Å². The molecule has 28 heavy (non-hydrogen) atoms. The molecule has 152 valence electrons. The summed E-state index contributed by atoms with van der Waals surface area (Å²) in [6.07, 6.45) is 0.882. The summed E-state index contributed by atoms with van der Waals surface area (Å²) in [6.45, 7) is 6.92. The van der Waals surface area contributed by atoms with Gasteiger partial charge in [0.2, 0.25) is 0 Å². The van der Waals surface area contributed by atoms with Crippen LogP contribution >= 0.6 is 0 Å². The number of aliphatic imine (C=N–C) groups is 1. The van der Waals surface area contributed by atoms with Gasteiger partial charge in [-0.3, -0.25) is 14.5 Å². The van der Waals surface area contributed by atoms with Crippen molar-refractivity contribution in [2.75, 3.05) is 21.1 Å². The number of benzene rings is 1. The topological polar surface area (TPSA) is 74.6 Å². The lowest BCUT2D eigenvalue weighted by atomic mass is 10.1. The van der Waals surface area contributed by atoms with Gasteiger partial charge in [0.05, 0.1) is 5.69 Å². The number of hydrogen-bond acceptors (Lipinski definition) is 3. The largest absolute Gasteiger partial charge is 0.354 e. The van der Waals surface area contributed by atoms with Crippen LogP contribution in [-0.4, -0.2) is 53.7 Å². The number of aromatic nitrogens is 2. The summed E-state index contributed by atoms with van der Waals surface area (Å²) in [4.78, 5) is 17.9. The van der Waals surface area contributed by atoms with Gasteiger partial charge >= 0.3 is 0 Å². The second kappa shape index (κ2) is 9.39. The summed E-state index contributed by atoms with van der Waals surface area (Å²) >= 11 is 0. The van der Waals surface area contributed by atoms with Crippen LogP contribution in [0, 0.1) is 13.8 Å². The third-order valence-electron chi connectivity index (χ3n) is 4.84. The second-order valence-corrected chi connectivity index (χ2v) is 7.34. The van der Waals surface area contributed by atoms with Gasteiger partial charge in [0.1, 0.15) is 0 Å². The van der Waals surface area contributed by atoms with E-state index in [4.69, 9.17) is 0 Å². The average molecular weight is 385 g/mol. The summed E-state index contributed by atoms with van der Waals surface area (Å²) in [7, 11) is 7.25. The lowest BCUT2D eigenvalue weighted by Crippen LogP contribution is -2.42. The number of rotatable bonds is 6. The molecule has 0 aliphatic rings. The lowest BCUT2D eigenvalue weighted by Gasteiger charge is -2.18. The van der Waals surface area contributed by atoms with Crippen LogP contribution < -0.4 is 10.6 Å². The van der Waals surface area contributed by atoms with Crippen molar-refractivity contribution < 1.29 is 4.79 Å². The molecule has 0 aliphatic carbocycles. The highest BCUT2D eigenvalue weighted by atomic mass is 16.2. The molecule has 1 unspecified atom stereocenters. The SMILES string of the molecule is CN=C(NCc1ccc(C(=O)N(C)C)cc1)NC(C)Cc1c(C)nn(C)c1C. The second-order valence-electron chi connectivity index (χ2n) is 7.34. The molecule has 2 rings (SSSR count). The molecule has 1 aromatic carbocycles. The van der Waals surface area contributed by atoms with Crippen molar-refractivity contribution in [1.82, 2.24) is 25.3 Å². The first-order chi connectivity index (χ1) is 13.2. The third kappa shape index (κ3) is 5.34. The number of amides is 1. The summed E-state index contributed by atoms with van der Waals surface area (Å²) in [5.41, 5.74) is 5.32. The molecule has 0 saturated heterocycles. The number of carbonyl (C=O) groups excluding carboxylic acids is 1. The zero-order valence-corrected chi connectivity index (χ0v) is 18.0. The van der Waals surface area contributed by atoms with Crippen molar-refractivity contribution in [3.05, 3.63) is 52.3 Å². The van der Waals surface area contributed by atoms with E-state index in [2.05, 4.69) is 34.6 Å². The van der Waals surface area contributed by atoms with Crippen LogP contribution in [0.15, 0.2) is 29.3 Å². The zero-order chi connectivity index (χ0) is 20.8. The van der Waals surface area contributed by atoms with Crippen LogP contribution in [-0.2, 0) is 20.0 Å². The van der Waals surface area contributed by atoms with Crippen molar-refractivity contribution >= 4 is 11.9 Å². The van der Waals surface area contributed by atoms with Crippen LogP contribution in [0.2, 0.25) is 0 Å². The Hall–Kier alpha value is -2.83. The highest BCUT2D eigenvalue weighted by Gasteiger charge is 2.14. The average Bonchev–Trinajstić information content (AvgIpc) is 2.90. The Balaban J connectivity index is 1.91. The number of aryl methyl sites for hydroxylation is 2. The monoisotopic (exact) mass is 384 g/mol. The van der Waals surface area contributed by atoms with E-state index >= 15 is 0 Å². The van der Waals surface area contributed by atoms with Gasteiger partial charge in [-0.15, -0.1) is 0 Å². The van der Waals surface area contributed by atoms with E-state index in [1.54, 1.807) is 26.0 Å². The van der Waals surface area contributed by atoms with E-state index < -0.39 is 0 Å². The maximum atomic E-state index is 12.0. The molecule has 1 atom stereocenters. The zero-order valence-electron chi connectivity index (χ0n) is 18.0. The Morgan fingerprint density at radius 1 is 1.25 bits per heavy atom. The molecular formula is C21H32N6O. The molecule has 0 aliphatic heterocycles. The van der Waals surface area contributed by atoms with Gasteiger partial charge in [-0.1, -0.05) is 12.1 Å². The van der Waals surface area contributed by atoms with Gasteiger partial charge in [0, 0.05) is 52.0 Å². The van der Waals surface area contributed by atoms with Crippen molar-refractivity contribution in [3.63, 3.8) is 0 Å². The molecular weight excluding hydrogens is 352 g/mol. The number of nitrogens with one attached hydrogen (secondary N) is 2. The molecule has 1 aromatic heterocycles. The van der Waals surface area contributed by atoms with Gasteiger partial charge in [0.15, 0.2) is 5.96 Å². The van der Waals surface area contributed by atoms with Gasteiger partial charge in [-0.2, -0.15) is 5.10 Å². The summed E-state index contributed by atoms with van der Waals surface area (Å²) < 4.78 is 1.93. The van der Waals surface area contributed by atoms with Gasteiger partial charge < -0.3 is 15.5 Å². The van der Waals surface area contributed by atoms with Crippen LogP contribution in [0.1, 0.15) is 39.8 Å². The van der Waals surface area contributed by atoms with Crippen LogP contribution in [0.5, 0.6) is 0 Å². The first kappa shape index (κ1) is 21.5. The van der Waals surface area contributed by atoms with E-state index in [9.17, 15) is 4.79 Å². The van der Waals surface area contributed by atoms with Gasteiger partial charge in [0.25, 0.3) is 5.91 Å². The van der Waals surface area contributed by atoms with Crippen molar-refractivity contribution in [2.24, 2.45) is 12.0 Å². The number of carbonyl (C=O) groups is 1. The third-order valence-corrected chi connectivity index (χ3v) is 4.84. The minimum atomic E-state index is 0.00630. The van der Waals surface area contributed by atoms with E-state index in [1.165, 1.54) is 11.3 Å². The fraction of sp³-hybridized carbons (Fsp3) is 0.476. The standard InChI is InChI=1S/C21H32N6O/c1-14(12-19-15(2)25-27(7)16(19)3)24-21(22-4)23-13-17-8-10-18(11-9-17)20(28)26(5)6/h8-11,14H,12-13H2,1-7H3,(H2,22,23,24). The number of guanidine groups is 1. The maximum absolute atomic E-state index is 12.0. The Kier molecular flexibility index (Phi) is 7.20. The Bertz CT molecular complexity index is 835. The van der Waals surface area contributed by atoms with E-state index in [0.717, 1.165) is 23.6 Å². The number of hydrogen-bond donors (Lipinski definition) is 2. The number of nitrogens with zero attached hydrogens (tertiary/aromatic N) is 4. The molecule has 2 N–H and O–H groups in total. The molecule has 7 nitrogen and oxygen atoms in total. The molecule has 0 fully saturated rings. The summed E-state index contributed by atoms with van der Waals surface area (Å²) in [5, 5.41) is 11.3. The maximum Gasteiger partial charge on any atom is 0.253 e. The van der Waals surface area contributed by atoms with Gasteiger partial charge in [-0.25, -0.2) is 0 Å². The van der Waals surface area contributed by atoms with E-state index in [0.29, 0.717) is 12.1 Å². The first-order valence-electron chi connectivity index (χ1n) is 9.49. The Morgan fingerprint density at radius 3 is 2.39 bits per heavy atom. The van der Waals surface area contributed by atoms with Crippen LogP contribution in [0.25, 0.3) is 0 Å². The van der Waals surface area contributed by atoms with E-state index in [-0.39, 0.29) is 11.9 Å². The first-order valence-corrected chi connectivity index (χ1v) is 9.49. The van der Waals surface area contributed by atoms with Crippen molar-refractivity contribution in [2.45, 2.75) is 39.8 Å². The predicted octanol–water partition coefficient (Wildman–Crippen LogP) is 2.03. The molecule has 0 spiro atoms. The molecule has 7 heteroatoms. The quantitative estimate of drug-likeness (QED) is 0.590. The normalized spacial score (nSPS) is 12.6. The minimum absolute atomic E-state index is 0.00630. The Morgan fingerprint density at radius 2 is 1.89 bits per heavy atom. The van der Waals surface area contributed by atoms with Crippen LogP contribution in [0.4, 0.5) is 0 Å². The molecule has 2 aromatic rings. The highest BCUT2D eigenvalue weighted by Crippen LogP contribution is 2.14. The van der Waals surface area contributed by atoms with E-state index in [1.807, 2.05) is 42.9 Å². The summed E-state index contributed by atoms with van der Waals surface area (Å²) in [6, 6.07) is 7.84. The fourth-order valence-corrected chi connectivity index (χ4v) is 3.11. The molecule has 0 bridgehead atoms. The summed E-state index contributed by atoms with van der Waals surface area (Å²) in [5.74, 6) is 0.756. The van der Waals surface area contributed by atoms with Gasteiger partial charge in [-0.05, 0) is 50.5 Å². The molecule has 0 saturated carbocycles. The van der Waals surface area contributed by atoms with Crippen molar-refractivity contribution in [1.29, 1.82) is 0 Å². The lowest BCUT2D eigenvalue weighted by molar-refractivity contribution is 0.0827. The fourth-order valence-electron chi connectivity index (χ4n) is 3.11. The molecule has 1 amide bonds. The molecule has 0 radical (unpaired) electrons. The highest BCUT2D eigenvalue weighted by molar-refractivity contribution is 5.93. The smallest absolute Gasteiger partial charge is 0.253 e. The molecule has 1 heterocycles. The predicted molar refractivity (Wildman–Crippen MR) is 114 cm³/mol.